The highest BCUT2D eigenvalue weighted by Gasteiger charge is 2.16. The topological polar surface area (TPSA) is 15.6 Å². The van der Waals surface area contributed by atoms with E-state index in [2.05, 4.69) is 42.2 Å². The Labute approximate surface area is 181 Å². The van der Waals surface area contributed by atoms with Crippen molar-refractivity contribution in [3.63, 3.8) is 0 Å². The van der Waals surface area contributed by atoms with Gasteiger partial charge >= 0.3 is 0 Å². The minimum absolute atomic E-state index is 0.987. The fraction of sp³-hybridized carbons (Fsp3) is 0.741. The summed E-state index contributed by atoms with van der Waals surface area (Å²) in [5.74, 6) is 1.35. The van der Waals surface area contributed by atoms with E-state index in [0.29, 0.717) is 0 Å². The van der Waals surface area contributed by atoms with Crippen molar-refractivity contribution in [3.8, 4) is 0 Å². The molecule has 0 atom stereocenters. The van der Waals surface area contributed by atoms with Crippen molar-refractivity contribution < 1.29 is 0 Å². The Kier molecular flexibility index (Phi) is 13.6. The summed E-state index contributed by atoms with van der Waals surface area (Å²) in [6.07, 6.45) is 22.6. The van der Waals surface area contributed by atoms with E-state index in [1.807, 2.05) is 0 Å². The summed E-state index contributed by atoms with van der Waals surface area (Å²) >= 11 is 0. The normalized spacial score (nSPS) is 13.8. The van der Waals surface area contributed by atoms with Crippen LogP contribution in [0.1, 0.15) is 115 Å². The smallest absolute Gasteiger partial charge is 0.0993 e. The van der Waals surface area contributed by atoms with Gasteiger partial charge in [-0.2, -0.15) is 0 Å². The quantitative estimate of drug-likeness (QED) is 0.228. The van der Waals surface area contributed by atoms with Crippen LogP contribution in [0.4, 0.5) is 0 Å². The third-order valence-electron chi connectivity index (χ3n) is 6.25. The first-order chi connectivity index (χ1) is 14.4. The van der Waals surface area contributed by atoms with Crippen molar-refractivity contribution in [2.75, 3.05) is 13.1 Å². The third kappa shape index (κ3) is 11.5. The molecule has 0 N–H and O–H groups in total. The second kappa shape index (κ2) is 16.5. The number of hydrogen-bond acceptors (Lipinski definition) is 2. The van der Waals surface area contributed by atoms with E-state index in [0.717, 1.165) is 19.6 Å². The number of hydrogen-bond donors (Lipinski definition) is 0. The highest BCUT2D eigenvalue weighted by molar-refractivity contribution is 5.83. The van der Waals surface area contributed by atoms with Crippen LogP contribution < -0.4 is 0 Å². The van der Waals surface area contributed by atoms with E-state index in [9.17, 15) is 0 Å². The van der Waals surface area contributed by atoms with Gasteiger partial charge < -0.3 is 4.90 Å². The molecule has 1 aromatic rings. The fourth-order valence-corrected chi connectivity index (χ4v) is 4.39. The summed E-state index contributed by atoms with van der Waals surface area (Å²) < 4.78 is 0. The molecule has 0 fully saturated rings. The molecular formula is C27H46N2. The monoisotopic (exact) mass is 398 g/mol. The largest absolute Gasteiger partial charge is 0.354 e. The van der Waals surface area contributed by atoms with Crippen molar-refractivity contribution in [2.45, 2.75) is 116 Å². The number of benzene rings is 1. The molecule has 0 bridgehead atoms. The Morgan fingerprint density at radius 1 is 0.690 bits per heavy atom. The zero-order valence-corrected chi connectivity index (χ0v) is 19.2. The molecule has 0 radical (unpaired) electrons. The summed E-state index contributed by atoms with van der Waals surface area (Å²) in [6, 6.07) is 10.8. The molecule has 0 aromatic heterocycles. The molecule has 164 valence electrons. The van der Waals surface area contributed by atoms with Gasteiger partial charge in [-0.05, 0) is 12.0 Å². The molecule has 0 amide bonds. The maximum Gasteiger partial charge on any atom is 0.0993 e. The summed E-state index contributed by atoms with van der Waals surface area (Å²) in [5, 5.41) is 0. The van der Waals surface area contributed by atoms with Crippen molar-refractivity contribution in [1.82, 2.24) is 4.90 Å². The highest BCUT2D eigenvalue weighted by Crippen LogP contribution is 2.16. The minimum atomic E-state index is 0.987. The average molecular weight is 399 g/mol. The lowest BCUT2D eigenvalue weighted by atomic mass is 10.0. The van der Waals surface area contributed by atoms with Crippen LogP contribution in [-0.2, 0) is 6.54 Å². The molecule has 2 nitrogen and oxygen atoms in total. The molecule has 0 saturated heterocycles. The first kappa shape index (κ1) is 24.0. The van der Waals surface area contributed by atoms with Crippen LogP contribution in [0.15, 0.2) is 35.3 Å². The van der Waals surface area contributed by atoms with Gasteiger partial charge in [0.05, 0.1) is 12.4 Å². The minimum Gasteiger partial charge on any atom is -0.354 e. The fourth-order valence-electron chi connectivity index (χ4n) is 4.39. The molecule has 0 aliphatic carbocycles. The van der Waals surface area contributed by atoms with Crippen molar-refractivity contribution in [1.29, 1.82) is 0 Å². The molecule has 0 spiro atoms. The van der Waals surface area contributed by atoms with Gasteiger partial charge in [0, 0.05) is 19.5 Å². The Morgan fingerprint density at radius 3 is 1.76 bits per heavy atom. The number of nitrogens with zero attached hydrogens (tertiary/aromatic N) is 2. The molecule has 29 heavy (non-hydrogen) atoms. The molecule has 1 aliphatic rings. The van der Waals surface area contributed by atoms with Crippen LogP contribution in [0, 0.1) is 0 Å². The Balaban J connectivity index is 1.37. The molecular weight excluding hydrogens is 352 g/mol. The summed E-state index contributed by atoms with van der Waals surface area (Å²) in [4.78, 5) is 7.24. The molecule has 1 aliphatic heterocycles. The van der Waals surface area contributed by atoms with Crippen molar-refractivity contribution in [3.05, 3.63) is 35.9 Å². The van der Waals surface area contributed by atoms with Crippen LogP contribution in [0.3, 0.4) is 0 Å². The van der Waals surface area contributed by atoms with Gasteiger partial charge in [-0.25, -0.2) is 0 Å². The van der Waals surface area contributed by atoms with Crippen molar-refractivity contribution >= 4 is 5.84 Å². The lowest BCUT2D eigenvalue weighted by molar-refractivity contribution is 0.440. The molecule has 1 heterocycles. The first-order valence-corrected chi connectivity index (χ1v) is 12.7. The van der Waals surface area contributed by atoms with Crippen LogP contribution in [0.25, 0.3) is 0 Å². The van der Waals surface area contributed by atoms with Gasteiger partial charge in [0.1, 0.15) is 0 Å². The number of unbranched alkanes of at least 4 members (excludes halogenated alkanes) is 14. The summed E-state index contributed by atoms with van der Waals surface area (Å²) in [5.41, 5.74) is 1.40. The molecule has 0 unspecified atom stereocenters. The van der Waals surface area contributed by atoms with Crippen LogP contribution in [0.5, 0.6) is 0 Å². The predicted octanol–water partition coefficient (Wildman–Crippen LogP) is 8.16. The van der Waals surface area contributed by atoms with Crippen LogP contribution in [-0.4, -0.2) is 23.8 Å². The van der Waals surface area contributed by atoms with Crippen LogP contribution in [0.2, 0.25) is 0 Å². The van der Waals surface area contributed by atoms with E-state index in [-0.39, 0.29) is 0 Å². The van der Waals surface area contributed by atoms with Gasteiger partial charge in [-0.15, -0.1) is 0 Å². The maximum atomic E-state index is 4.76. The highest BCUT2D eigenvalue weighted by atomic mass is 15.2. The number of amidine groups is 1. The average Bonchev–Trinajstić information content (AvgIpc) is 3.18. The Hall–Kier alpha value is -1.31. The second-order valence-electron chi connectivity index (χ2n) is 8.90. The summed E-state index contributed by atoms with van der Waals surface area (Å²) in [7, 11) is 0. The first-order valence-electron chi connectivity index (χ1n) is 12.7. The standard InChI is InChI=1S/C27H46N2/c1-2-3-4-5-6-7-8-9-10-11-12-13-14-15-19-22-27-28-23-24-29(27)25-26-20-17-16-18-21-26/h16-18,20-21H,2-15,19,22-25H2,1H3. The van der Waals surface area contributed by atoms with E-state index < -0.39 is 0 Å². The van der Waals surface area contributed by atoms with E-state index in [4.69, 9.17) is 4.99 Å². The Morgan fingerprint density at radius 2 is 1.21 bits per heavy atom. The third-order valence-corrected chi connectivity index (χ3v) is 6.25. The van der Waals surface area contributed by atoms with Gasteiger partial charge in [-0.3, -0.25) is 4.99 Å². The predicted molar refractivity (Wildman–Crippen MR) is 129 cm³/mol. The molecule has 1 aromatic carbocycles. The summed E-state index contributed by atoms with van der Waals surface area (Å²) in [6.45, 7) is 5.41. The van der Waals surface area contributed by atoms with Crippen LogP contribution >= 0.6 is 0 Å². The van der Waals surface area contributed by atoms with E-state index >= 15 is 0 Å². The van der Waals surface area contributed by atoms with Crippen molar-refractivity contribution in [2.24, 2.45) is 4.99 Å². The molecule has 0 saturated carbocycles. The van der Waals surface area contributed by atoms with Gasteiger partial charge in [0.2, 0.25) is 0 Å². The lowest BCUT2D eigenvalue weighted by Gasteiger charge is -2.20. The maximum absolute atomic E-state index is 4.76. The zero-order chi connectivity index (χ0) is 20.4. The van der Waals surface area contributed by atoms with E-state index in [1.165, 1.54) is 114 Å². The lowest BCUT2D eigenvalue weighted by Crippen LogP contribution is -2.27. The number of rotatable bonds is 18. The Bertz CT molecular complexity index is 523. The number of aliphatic imine (C=N–C) groups is 1. The second-order valence-corrected chi connectivity index (χ2v) is 8.90. The van der Waals surface area contributed by atoms with Gasteiger partial charge in [0.15, 0.2) is 0 Å². The molecule has 2 rings (SSSR count). The molecule has 2 heteroatoms. The van der Waals surface area contributed by atoms with Gasteiger partial charge in [-0.1, -0.05) is 127 Å². The van der Waals surface area contributed by atoms with E-state index in [1.54, 1.807) is 0 Å². The zero-order valence-electron chi connectivity index (χ0n) is 19.2. The van der Waals surface area contributed by atoms with Gasteiger partial charge in [0.25, 0.3) is 0 Å². The SMILES string of the molecule is CCCCCCCCCCCCCCCCCC1=NCCN1Cc1ccccc1.